The largest absolute Gasteiger partial charge is 0.481 e. The average molecular weight is 323 g/mol. The Bertz CT molecular complexity index is 635. The molecule has 1 aliphatic rings. The topological polar surface area (TPSA) is 98.7 Å². The monoisotopic (exact) mass is 323 g/mol. The molecule has 1 unspecified atom stereocenters. The highest BCUT2D eigenvalue weighted by molar-refractivity contribution is 5.98. The summed E-state index contributed by atoms with van der Waals surface area (Å²) in [5.41, 5.74) is 0.259. The van der Waals surface area contributed by atoms with Gasteiger partial charge in [-0.1, -0.05) is 6.92 Å². The lowest BCUT2D eigenvalue weighted by Crippen LogP contribution is -2.31. The van der Waals surface area contributed by atoms with Crippen LogP contribution in [-0.4, -0.2) is 42.6 Å². The summed E-state index contributed by atoms with van der Waals surface area (Å²) in [4.78, 5) is 35.7. The van der Waals surface area contributed by atoms with Gasteiger partial charge in [-0.15, -0.1) is 0 Å². The van der Waals surface area contributed by atoms with Crippen molar-refractivity contribution >= 4 is 23.6 Å². The Balaban J connectivity index is 2.07. The van der Waals surface area contributed by atoms with Crippen LogP contribution in [0.2, 0.25) is 0 Å². The first kappa shape index (κ1) is 16.7. The molecule has 0 saturated carbocycles. The summed E-state index contributed by atoms with van der Waals surface area (Å²) in [5, 5.41) is 13.8. The summed E-state index contributed by atoms with van der Waals surface area (Å²) < 4.78 is 13.9. The van der Waals surface area contributed by atoms with E-state index in [0.29, 0.717) is 18.8 Å². The number of halogens is 1. The molecular weight excluding hydrogens is 305 g/mol. The lowest BCUT2D eigenvalue weighted by molar-refractivity contribution is -0.137. The van der Waals surface area contributed by atoms with E-state index in [-0.39, 0.29) is 30.5 Å². The van der Waals surface area contributed by atoms with Crippen LogP contribution in [0.25, 0.3) is 0 Å². The van der Waals surface area contributed by atoms with Crippen LogP contribution in [-0.2, 0) is 4.79 Å². The number of amides is 3. The van der Waals surface area contributed by atoms with E-state index < -0.39 is 17.7 Å². The van der Waals surface area contributed by atoms with Crippen molar-refractivity contribution < 1.29 is 23.9 Å². The molecule has 1 saturated heterocycles. The second kappa shape index (κ2) is 7.08. The first-order valence-corrected chi connectivity index (χ1v) is 7.23. The Kier molecular flexibility index (Phi) is 5.15. The Morgan fingerprint density at radius 2 is 2.22 bits per heavy atom. The molecular formula is C15H18FN3O4. The average Bonchev–Trinajstić information content (AvgIpc) is 2.91. The lowest BCUT2D eigenvalue weighted by Gasteiger charge is -2.16. The number of carboxylic acids is 1. The molecule has 2 rings (SSSR count). The normalized spacial score (nSPS) is 15.2. The van der Waals surface area contributed by atoms with Crippen LogP contribution in [0.5, 0.6) is 0 Å². The number of anilines is 1. The molecule has 1 aromatic carbocycles. The molecule has 0 aromatic heterocycles. The summed E-state index contributed by atoms with van der Waals surface area (Å²) in [6.07, 6.45) is -0.0866. The zero-order valence-corrected chi connectivity index (χ0v) is 12.6. The molecule has 8 heteroatoms. The molecule has 23 heavy (non-hydrogen) atoms. The lowest BCUT2D eigenvalue weighted by atomic mass is 10.1. The first-order chi connectivity index (χ1) is 10.9. The highest BCUT2D eigenvalue weighted by atomic mass is 19.1. The van der Waals surface area contributed by atoms with Crippen molar-refractivity contribution in [3.63, 3.8) is 0 Å². The molecule has 3 N–H and O–H groups in total. The third-order valence-electron chi connectivity index (χ3n) is 3.50. The van der Waals surface area contributed by atoms with Crippen molar-refractivity contribution in [1.29, 1.82) is 0 Å². The molecule has 0 radical (unpaired) electrons. The highest BCUT2D eigenvalue weighted by Gasteiger charge is 2.23. The van der Waals surface area contributed by atoms with Crippen molar-refractivity contribution in [2.24, 2.45) is 5.92 Å². The number of carbonyl (C=O) groups excluding carboxylic acids is 2. The van der Waals surface area contributed by atoms with E-state index in [4.69, 9.17) is 5.11 Å². The van der Waals surface area contributed by atoms with Crippen molar-refractivity contribution in [3.05, 3.63) is 29.6 Å². The van der Waals surface area contributed by atoms with Gasteiger partial charge in [0.2, 0.25) is 0 Å². The van der Waals surface area contributed by atoms with Gasteiger partial charge in [0.25, 0.3) is 5.91 Å². The minimum Gasteiger partial charge on any atom is -0.481 e. The maximum Gasteiger partial charge on any atom is 0.321 e. The van der Waals surface area contributed by atoms with Crippen molar-refractivity contribution in [1.82, 2.24) is 10.6 Å². The van der Waals surface area contributed by atoms with Gasteiger partial charge in [0.15, 0.2) is 0 Å². The van der Waals surface area contributed by atoms with Crippen molar-refractivity contribution in [3.8, 4) is 0 Å². The van der Waals surface area contributed by atoms with E-state index in [1.54, 1.807) is 6.92 Å². The van der Waals surface area contributed by atoms with E-state index in [9.17, 15) is 18.8 Å². The fourth-order valence-electron chi connectivity index (χ4n) is 2.31. The number of benzene rings is 1. The molecule has 1 aromatic rings. The van der Waals surface area contributed by atoms with E-state index in [0.717, 1.165) is 6.07 Å². The second-order valence-corrected chi connectivity index (χ2v) is 5.46. The third-order valence-corrected chi connectivity index (χ3v) is 3.50. The molecule has 1 heterocycles. The zero-order valence-electron chi connectivity index (χ0n) is 12.6. The molecule has 1 aliphatic heterocycles. The van der Waals surface area contributed by atoms with Crippen LogP contribution in [0.3, 0.4) is 0 Å². The molecule has 7 nitrogen and oxygen atoms in total. The van der Waals surface area contributed by atoms with Crippen LogP contribution in [0, 0.1) is 11.7 Å². The predicted octanol–water partition coefficient (Wildman–Crippen LogP) is 1.20. The van der Waals surface area contributed by atoms with Crippen LogP contribution < -0.4 is 15.5 Å². The SMILES string of the molecule is CC(CNC(=O)c1cc(N2CCNC2=O)ccc1F)CC(=O)O. The summed E-state index contributed by atoms with van der Waals surface area (Å²) in [7, 11) is 0. The van der Waals surface area contributed by atoms with E-state index >= 15 is 0 Å². The number of urea groups is 1. The predicted molar refractivity (Wildman–Crippen MR) is 80.9 cm³/mol. The van der Waals surface area contributed by atoms with Crippen LogP contribution in [0.1, 0.15) is 23.7 Å². The van der Waals surface area contributed by atoms with Crippen LogP contribution in [0.15, 0.2) is 18.2 Å². The van der Waals surface area contributed by atoms with Gasteiger partial charge in [-0.05, 0) is 24.1 Å². The van der Waals surface area contributed by atoms with Crippen molar-refractivity contribution in [2.75, 3.05) is 24.5 Å². The molecule has 0 aliphatic carbocycles. The minimum atomic E-state index is -0.958. The third kappa shape index (κ3) is 4.18. The quantitative estimate of drug-likeness (QED) is 0.732. The van der Waals surface area contributed by atoms with E-state index in [1.165, 1.54) is 17.0 Å². The Labute approximate surface area is 132 Å². The van der Waals surface area contributed by atoms with Gasteiger partial charge in [0.1, 0.15) is 5.82 Å². The number of hydrogen-bond acceptors (Lipinski definition) is 3. The minimum absolute atomic E-state index is 0.0866. The number of carbonyl (C=O) groups is 3. The molecule has 3 amide bonds. The maximum absolute atomic E-state index is 13.9. The van der Waals surface area contributed by atoms with Crippen LogP contribution in [0.4, 0.5) is 14.9 Å². The molecule has 1 atom stereocenters. The first-order valence-electron chi connectivity index (χ1n) is 7.23. The van der Waals surface area contributed by atoms with Gasteiger partial charge in [0, 0.05) is 31.7 Å². The smallest absolute Gasteiger partial charge is 0.321 e. The molecule has 124 valence electrons. The van der Waals surface area contributed by atoms with Gasteiger partial charge < -0.3 is 15.7 Å². The fraction of sp³-hybridized carbons (Fsp3) is 0.400. The summed E-state index contributed by atoms with van der Waals surface area (Å²) in [6.45, 7) is 2.74. The zero-order chi connectivity index (χ0) is 17.0. The van der Waals surface area contributed by atoms with Gasteiger partial charge in [-0.25, -0.2) is 9.18 Å². The van der Waals surface area contributed by atoms with Crippen LogP contribution >= 0.6 is 0 Å². The summed E-state index contributed by atoms with van der Waals surface area (Å²) in [5.74, 6) is -2.56. The van der Waals surface area contributed by atoms with Gasteiger partial charge in [0.05, 0.1) is 5.56 Å². The standard InChI is InChI=1S/C15H18FN3O4/c1-9(6-13(20)21)8-18-14(22)11-7-10(2-3-12(11)16)19-5-4-17-15(19)23/h2-3,7,9H,4-6,8H2,1H3,(H,17,23)(H,18,22)(H,20,21). The number of carboxylic acid groups (broad SMARTS) is 1. The highest BCUT2D eigenvalue weighted by Crippen LogP contribution is 2.20. The Morgan fingerprint density at radius 3 is 2.83 bits per heavy atom. The number of nitrogens with one attached hydrogen (secondary N) is 2. The van der Waals surface area contributed by atoms with Gasteiger partial charge in [-0.2, -0.15) is 0 Å². The fourth-order valence-corrected chi connectivity index (χ4v) is 2.31. The Hall–Kier alpha value is -2.64. The number of nitrogens with zero attached hydrogens (tertiary/aromatic N) is 1. The number of rotatable bonds is 6. The summed E-state index contributed by atoms with van der Waals surface area (Å²) in [6, 6.07) is 3.59. The maximum atomic E-state index is 13.9. The van der Waals surface area contributed by atoms with Crippen molar-refractivity contribution in [2.45, 2.75) is 13.3 Å². The molecule has 1 fully saturated rings. The molecule has 0 bridgehead atoms. The van der Waals surface area contributed by atoms with E-state index in [2.05, 4.69) is 10.6 Å². The second-order valence-electron chi connectivity index (χ2n) is 5.46. The van der Waals surface area contributed by atoms with Gasteiger partial charge in [-0.3, -0.25) is 14.5 Å². The summed E-state index contributed by atoms with van der Waals surface area (Å²) >= 11 is 0. The molecule has 0 spiro atoms. The van der Waals surface area contributed by atoms with Gasteiger partial charge >= 0.3 is 12.0 Å². The Morgan fingerprint density at radius 1 is 1.48 bits per heavy atom. The van der Waals surface area contributed by atoms with E-state index in [1.807, 2.05) is 0 Å². The number of aliphatic carboxylic acids is 1. The number of hydrogen-bond donors (Lipinski definition) is 3.